The summed E-state index contributed by atoms with van der Waals surface area (Å²) in [5, 5.41) is 0. The summed E-state index contributed by atoms with van der Waals surface area (Å²) in [7, 11) is 1.65. The van der Waals surface area contributed by atoms with E-state index in [1.165, 1.54) is 0 Å². The van der Waals surface area contributed by atoms with Crippen molar-refractivity contribution in [1.29, 1.82) is 0 Å². The van der Waals surface area contributed by atoms with Crippen LogP contribution in [0.5, 0.6) is 5.75 Å². The Bertz CT molecular complexity index is 735. The molecule has 1 aliphatic rings. The van der Waals surface area contributed by atoms with E-state index in [1.807, 2.05) is 54.8 Å². The van der Waals surface area contributed by atoms with Gasteiger partial charge in [0, 0.05) is 17.1 Å². The van der Waals surface area contributed by atoms with E-state index in [0.717, 1.165) is 29.8 Å². The molecule has 0 saturated heterocycles. The number of methoxy groups -OCH3 is 1. The Hall–Kier alpha value is -2.07. The van der Waals surface area contributed by atoms with E-state index in [4.69, 9.17) is 10.5 Å². The maximum absolute atomic E-state index is 12.9. The number of hydrogen-bond acceptors (Lipinski definition) is 3. The highest BCUT2D eigenvalue weighted by Gasteiger charge is 2.30. The summed E-state index contributed by atoms with van der Waals surface area (Å²) in [6.07, 6.45) is 2.11. The third kappa shape index (κ3) is 2.66. The van der Waals surface area contributed by atoms with Crippen LogP contribution in [0.4, 0.5) is 0 Å². The maximum atomic E-state index is 12.9. The van der Waals surface area contributed by atoms with Crippen LogP contribution in [0.15, 0.2) is 41.2 Å². The van der Waals surface area contributed by atoms with E-state index in [9.17, 15) is 4.79 Å². The zero-order valence-electron chi connectivity index (χ0n) is 13.3. The molecule has 0 spiro atoms. The minimum Gasteiger partial charge on any atom is -0.497 e. The molecule has 0 atom stereocenters. The first-order valence-electron chi connectivity index (χ1n) is 7.61. The Morgan fingerprint density at radius 3 is 2.27 bits per heavy atom. The van der Waals surface area contributed by atoms with Gasteiger partial charge in [0.25, 0.3) is 5.56 Å². The molecule has 1 saturated carbocycles. The Labute approximate surface area is 130 Å². The summed E-state index contributed by atoms with van der Waals surface area (Å²) in [5.41, 5.74) is 8.17. The Balaban J connectivity index is 2.15. The zero-order chi connectivity index (χ0) is 15.9. The number of rotatable bonds is 4. The lowest BCUT2D eigenvalue weighted by atomic mass is 9.96. The number of ether oxygens (including phenoxy) is 1. The standard InChI is InChI=1S/C18H22N2O2/c1-18(2,19)15-10-11-16(20(17(15)21)13-6-7-13)12-4-8-14(22-3)9-5-12/h4-5,8-11,13H,6-7,19H2,1-3H3. The van der Waals surface area contributed by atoms with Crippen LogP contribution in [0.2, 0.25) is 0 Å². The monoisotopic (exact) mass is 298 g/mol. The smallest absolute Gasteiger partial charge is 0.256 e. The molecule has 116 valence electrons. The molecule has 0 amide bonds. The molecule has 1 aromatic heterocycles. The molecule has 4 heteroatoms. The van der Waals surface area contributed by atoms with E-state index in [-0.39, 0.29) is 5.56 Å². The van der Waals surface area contributed by atoms with Crippen LogP contribution in [0.25, 0.3) is 11.3 Å². The molecule has 1 aliphatic carbocycles. The average Bonchev–Trinajstić information content (AvgIpc) is 3.30. The zero-order valence-corrected chi connectivity index (χ0v) is 13.3. The highest BCUT2D eigenvalue weighted by molar-refractivity contribution is 5.61. The van der Waals surface area contributed by atoms with E-state index < -0.39 is 5.54 Å². The number of pyridine rings is 1. The Morgan fingerprint density at radius 1 is 1.14 bits per heavy atom. The van der Waals surface area contributed by atoms with Gasteiger partial charge in [-0.2, -0.15) is 0 Å². The van der Waals surface area contributed by atoms with Crippen molar-refractivity contribution in [1.82, 2.24) is 4.57 Å². The molecule has 2 aromatic rings. The Kier molecular flexibility index (Phi) is 3.57. The molecule has 3 rings (SSSR count). The van der Waals surface area contributed by atoms with Crippen LogP contribution in [0.3, 0.4) is 0 Å². The largest absolute Gasteiger partial charge is 0.497 e. The second-order valence-corrected chi connectivity index (χ2v) is 6.49. The first kappa shape index (κ1) is 14.9. The molecule has 0 unspecified atom stereocenters. The number of nitrogens with two attached hydrogens (primary N) is 1. The predicted octanol–water partition coefficient (Wildman–Crippen LogP) is 3.05. The van der Waals surface area contributed by atoms with Gasteiger partial charge in [0.15, 0.2) is 0 Å². The van der Waals surface area contributed by atoms with E-state index in [0.29, 0.717) is 11.6 Å². The van der Waals surface area contributed by atoms with Crippen molar-refractivity contribution < 1.29 is 4.74 Å². The van der Waals surface area contributed by atoms with Gasteiger partial charge in [-0.3, -0.25) is 4.79 Å². The van der Waals surface area contributed by atoms with Gasteiger partial charge in [0.1, 0.15) is 5.75 Å². The molecule has 2 N–H and O–H groups in total. The molecule has 0 aliphatic heterocycles. The van der Waals surface area contributed by atoms with Crippen LogP contribution in [-0.4, -0.2) is 11.7 Å². The second-order valence-electron chi connectivity index (χ2n) is 6.49. The van der Waals surface area contributed by atoms with Gasteiger partial charge in [-0.15, -0.1) is 0 Å². The van der Waals surface area contributed by atoms with Crippen LogP contribution >= 0.6 is 0 Å². The summed E-state index contributed by atoms with van der Waals surface area (Å²) in [6, 6.07) is 12.0. The fraction of sp³-hybridized carbons (Fsp3) is 0.389. The molecule has 1 aromatic carbocycles. The number of aromatic nitrogens is 1. The van der Waals surface area contributed by atoms with Crippen molar-refractivity contribution in [2.45, 2.75) is 38.3 Å². The fourth-order valence-corrected chi connectivity index (χ4v) is 2.74. The molecule has 4 nitrogen and oxygen atoms in total. The molecule has 22 heavy (non-hydrogen) atoms. The van der Waals surface area contributed by atoms with Crippen molar-refractivity contribution in [3.8, 4) is 17.0 Å². The number of hydrogen-bond donors (Lipinski definition) is 1. The van der Waals surface area contributed by atoms with Gasteiger partial charge in [0.05, 0.1) is 12.8 Å². The summed E-state index contributed by atoms with van der Waals surface area (Å²) in [6.45, 7) is 3.74. The highest BCUT2D eigenvalue weighted by atomic mass is 16.5. The van der Waals surface area contributed by atoms with Crippen molar-refractivity contribution in [3.63, 3.8) is 0 Å². The van der Waals surface area contributed by atoms with Gasteiger partial charge >= 0.3 is 0 Å². The van der Waals surface area contributed by atoms with Crippen molar-refractivity contribution >= 4 is 0 Å². The molecule has 1 heterocycles. The van der Waals surface area contributed by atoms with Crippen molar-refractivity contribution in [2.75, 3.05) is 7.11 Å². The topological polar surface area (TPSA) is 57.2 Å². The van der Waals surface area contributed by atoms with Gasteiger partial charge in [0.2, 0.25) is 0 Å². The number of nitrogens with zero attached hydrogens (tertiary/aromatic N) is 1. The molecule has 1 fully saturated rings. The fourth-order valence-electron chi connectivity index (χ4n) is 2.74. The van der Waals surface area contributed by atoms with Crippen molar-refractivity contribution in [3.05, 3.63) is 52.3 Å². The lowest BCUT2D eigenvalue weighted by molar-refractivity contribution is 0.415. The van der Waals surface area contributed by atoms with E-state index >= 15 is 0 Å². The predicted molar refractivity (Wildman–Crippen MR) is 88.2 cm³/mol. The lowest BCUT2D eigenvalue weighted by Gasteiger charge is -2.22. The summed E-state index contributed by atoms with van der Waals surface area (Å²) in [4.78, 5) is 12.9. The summed E-state index contributed by atoms with van der Waals surface area (Å²) >= 11 is 0. The summed E-state index contributed by atoms with van der Waals surface area (Å²) in [5.74, 6) is 0.809. The molecular formula is C18H22N2O2. The van der Waals surface area contributed by atoms with Crippen LogP contribution < -0.4 is 16.0 Å². The maximum Gasteiger partial charge on any atom is 0.256 e. The Morgan fingerprint density at radius 2 is 1.77 bits per heavy atom. The van der Waals surface area contributed by atoms with Crippen molar-refractivity contribution in [2.24, 2.45) is 5.73 Å². The van der Waals surface area contributed by atoms with Crippen LogP contribution in [0, 0.1) is 0 Å². The molecular weight excluding hydrogens is 276 g/mol. The third-order valence-corrected chi connectivity index (χ3v) is 4.11. The first-order chi connectivity index (χ1) is 10.4. The highest BCUT2D eigenvalue weighted by Crippen LogP contribution is 2.37. The number of benzene rings is 1. The molecule has 0 bridgehead atoms. The first-order valence-corrected chi connectivity index (χ1v) is 7.61. The second kappa shape index (κ2) is 5.29. The average molecular weight is 298 g/mol. The minimum absolute atomic E-state index is 0.0309. The lowest BCUT2D eigenvalue weighted by Crippen LogP contribution is -2.38. The quantitative estimate of drug-likeness (QED) is 0.944. The van der Waals surface area contributed by atoms with E-state index in [1.54, 1.807) is 7.11 Å². The normalized spacial score (nSPS) is 14.9. The third-order valence-electron chi connectivity index (χ3n) is 4.11. The minimum atomic E-state index is -0.633. The van der Waals surface area contributed by atoms with Crippen LogP contribution in [-0.2, 0) is 5.54 Å². The van der Waals surface area contributed by atoms with Gasteiger partial charge < -0.3 is 15.0 Å². The molecule has 0 radical (unpaired) electrons. The SMILES string of the molecule is COc1ccc(-c2ccc(C(C)(C)N)c(=O)n2C2CC2)cc1. The summed E-state index contributed by atoms with van der Waals surface area (Å²) < 4.78 is 7.11. The van der Waals surface area contributed by atoms with Gasteiger partial charge in [-0.05, 0) is 68.7 Å². The van der Waals surface area contributed by atoms with Gasteiger partial charge in [-0.1, -0.05) is 0 Å². The van der Waals surface area contributed by atoms with E-state index in [2.05, 4.69) is 0 Å². The van der Waals surface area contributed by atoms with Gasteiger partial charge in [-0.25, -0.2) is 0 Å². The van der Waals surface area contributed by atoms with Crippen LogP contribution in [0.1, 0.15) is 38.3 Å².